The van der Waals surface area contributed by atoms with Crippen LogP contribution in [-0.2, 0) is 6.18 Å². The van der Waals surface area contributed by atoms with Gasteiger partial charge in [-0.1, -0.05) is 0 Å². The molecule has 0 saturated carbocycles. The van der Waals surface area contributed by atoms with Crippen LogP contribution in [-0.4, -0.2) is 18.2 Å². The van der Waals surface area contributed by atoms with Crippen LogP contribution in [0.2, 0.25) is 0 Å². The standard InChI is InChI=1S/C15H11F3O4/c1-21-13-7-6-11(8-12(13)14(19)20)22-10-4-2-9(3-5-10)15(16,17)18/h2-8H,1H3,(H,19,20). The normalized spacial score (nSPS) is 11.1. The summed E-state index contributed by atoms with van der Waals surface area (Å²) in [6, 6.07) is 8.19. The average Bonchev–Trinajstić information content (AvgIpc) is 2.46. The minimum absolute atomic E-state index is 0.105. The second kappa shape index (κ2) is 5.97. The van der Waals surface area contributed by atoms with Crippen molar-refractivity contribution in [1.82, 2.24) is 0 Å². The number of hydrogen-bond donors (Lipinski definition) is 1. The van der Waals surface area contributed by atoms with E-state index in [0.29, 0.717) is 0 Å². The summed E-state index contributed by atoms with van der Waals surface area (Å²) in [4.78, 5) is 11.1. The van der Waals surface area contributed by atoms with Gasteiger partial charge in [-0.2, -0.15) is 13.2 Å². The fraction of sp³-hybridized carbons (Fsp3) is 0.133. The van der Waals surface area contributed by atoms with E-state index >= 15 is 0 Å². The van der Waals surface area contributed by atoms with Crippen LogP contribution in [0.5, 0.6) is 17.2 Å². The molecule has 0 fully saturated rings. The smallest absolute Gasteiger partial charge is 0.416 e. The molecule has 0 aromatic heterocycles. The van der Waals surface area contributed by atoms with Crippen LogP contribution in [0.1, 0.15) is 15.9 Å². The van der Waals surface area contributed by atoms with E-state index in [9.17, 15) is 18.0 Å². The molecule has 0 aliphatic carbocycles. The molecular formula is C15H11F3O4. The van der Waals surface area contributed by atoms with Gasteiger partial charge < -0.3 is 14.6 Å². The maximum Gasteiger partial charge on any atom is 0.416 e. The van der Waals surface area contributed by atoms with Crippen molar-refractivity contribution >= 4 is 5.97 Å². The van der Waals surface area contributed by atoms with Crippen LogP contribution in [0.25, 0.3) is 0 Å². The number of hydrogen-bond acceptors (Lipinski definition) is 3. The van der Waals surface area contributed by atoms with E-state index in [2.05, 4.69) is 0 Å². The quantitative estimate of drug-likeness (QED) is 0.919. The zero-order valence-electron chi connectivity index (χ0n) is 11.3. The van der Waals surface area contributed by atoms with Crippen molar-refractivity contribution in [3.8, 4) is 17.2 Å². The lowest BCUT2D eigenvalue weighted by molar-refractivity contribution is -0.137. The molecule has 116 valence electrons. The number of ether oxygens (including phenoxy) is 2. The highest BCUT2D eigenvalue weighted by atomic mass is 19.4. The Kier molecular flexibility index (Phi) is 4.25. The summed E-state index contributed by atoms with van der Waals surface area (Å²) in [5, 5.41) is 9.05. The molecule has 1 N–H and O–H groups in total. The third-order valence-corrected chi connectivity index (χ3v) is 2.82. The minimum atomic E-state index is -4.42. The average molecular weight is 312 g/mol. The fourth-order valence-electron chi connectivity index (χ4n) is 1.77. The Morgan fingerprint density at radius 2 is 1.64 bits per heavy atom. The Balaban J connectivity index is 2.24. The van der Waals surface area contributed by atoms with Crippen molar-refractivity contribution in [2.24, 2.45) is 0 Å². The van der Waals surface area contributed by atoms with E-state index in [1.165, 1.54) is 25.3 Å². The Hall–Kier alpha value is -2.70. The van der Waals surface area contributed by atoms with Crippen LogP contribution in [0.3, 0.4) is 0 Å². The van der Waals surface area contributed by atoms with E-state index in [4.69, 9.17) is 14.6 Å². The predicted octanol–water partition coefficient (Wildman–Crippen LogP) is 4.20. The number of carboxylic acids is 1. The molecule has 0 radical (unpaired) electrons. The monoisotopic (exact) mass is 312 g/mol. The van der Waals surface area contributed by atoms with Crippen molar-refractivity contribution in [2.75, 3.05) is 7.11 Å². The zero-order chi connectivity index (χ0) is 16.3. The van der Waals surface area contributed by atoms with Gasteiger partial charge in [0.25, 0.3) is 0 Å². The first-order valence-electron chi connectivity index (χ1n) is 6.07. The zero-order valence-corrected chi connectivity index (χ0v) is 11.3. The van der Waals surface area contributed by atoms with Gasteiger partial charge in [-0.05, 0) is 42.5 Å². The van der Waals surface area contributed by atoms with Crippen LogP contribution in [0.4, 0.5) is 13.2 Å². The third-order valence-electron chi connectivity index (χ3n) is 2.82. The molecule has 2 aromatic carbocycles. The van der Waals surface area contributed by atoms with Crippen molar-refractivity contribution in [3.63, 3.8) is 0 Å². The molecule has 22 heavy (non-hydrogen) atoms. The first-order chi connectivity index (χ1) is 10.3. The summed E-state index contributed by atoms with van der Waals surface area (Å²) in [7, 11) is 1.33. The van der Waals surface area contributed by atoms with Crippen LogP contribution in [0, 0.1) is 0 Å². The number of halogens is 3. The third kappa shape index (κ3) is 3.49. The highest BCUT2D eigenvalue weighted by Gasteiger charge is 2.30. The summed E-state index contributed by atoms with van der Waals surface area (Å²) in [5.41, 5.74) is -0.896. The van der Waals surface area contributed by atoms with Crippen molar-refractivity contribution in [1.29, 1.82) is 0 Å². The van der Waals surface area contributed by atoms with E-state index in [1.54, 1.807) is 0 Å². The van der Waals surface area contributed by atoms with E-state index in [1.807, 2.05) is 0 Å². The largest absolute Gasteiger partial charge is 0.496 e. The highest BCUT2D eigenvalue weighted by molar-refractivity contribution is 5.91. The van der Waals surface area contributed by atoms with Crippen molar-refractivity contribution in [2.45, 2.75) is 6.18 Å². The van der Waals surface area contributed by atoms with Gasteiger partial charge in [0.05, 0.1) is 12.7 Å². The van der Waals surface area contributed by atoms with E-state index in [-0.39, 0.29) is 22.8 Å². The van der Waals surface area contributed by atoms with Crippen molar-refractivity contribution < 1.29 is 32.5 Å². The van der Waals surface area contributed by atoms with Gasteiger partial charge in [-0.25, -0.2) is 4.79 Å². The van der Waals surface area contributed by atoms with E-state index in [0.717, 1.165) is 24.3 Å². The van der Waals surface area contributed by atoms with Gasteiger partial charge in [-0.15, -0.1) is 0 Å². The van der Waals surface area contributed by atoms with Gasteiger partial charge in [0.15, 0.2) is 0 Å². The summed E-state index contributed by atoms with van der Waals surface area (Å²) >= 11 is 0. The molecule has 0 unspecified atom stereocenters. The topological polar surface area (TPSA) is 55.8 Å². The molecule has 4 nitrogen and oxygen atoms in total. The molecule has 0 bridgehead atoms. The number of carbonyl (C=O) groups is 1. The molecule has 2 aromatic rings. The lowest BCUT2D eigenvalue weighted by atomic mass is 10.2. The predicted molar refractivity (Wildman–Crippen MR) is 71.5 cm³/mol. The van der Waals surface area contributed by atoms with Crippen LogP contribution < -0.4 is 9.47 Å². The summed E-state index contributed by atoms with van der Waals surface area (Å²) in [6.45, 7) is 0. The number of aromatic carboxylic acids is 1. The Labute approximate surface area is 123 Å². The number of alkyl halides is 3. The van der Waals surface area contributed by atoms with Crippen molar-refractivity contribution in [3.05, 3.63) is 53.6 Å². The second-order valence-corrected chi connectivity index (χ2v) is 4.29. The van der Waals surface area contributed by atoms with Crippen LogP contribution in [0.15, 0.2) is 42.5 Å². The van der Waals surface area contributed by atoms with Gasteiger partial charge in [-0.3, -0.25) is 0 Å². The molecule has 7 heteroatoms. The molecule has 0 amide bonds. The maximum atomic E-state index is 12.5. The molecule has 0 heterocycles. The lowest BCUT2D eigenvalue weighted by Gasteiger charge is -2.10. The number of rotatable bonds is 4. The van der Waals surface area contributed by atoms with Gasteiger partial charge in [0, 0.05) is 0 Å². The fourth-order valence-corrected chi connectivity index (χ4v) is 1.77. The van der Waals surface area contributed by atoms with Gasteiger partial charge in [0.2, 0.25) is 0 Å². The number of methoxy groups -OCH3 is 1. The lowest BCUT2D eigenvalue weighted by Crippen LogP contribution is -2.04. The Morgan fingerprint density at radius 3 is 2.14 bits per heavy atom. The summed E-state index contributed by atoms with van der Waals surface area (Å²) < 4.78 is 47.6. The van der Waals surface area contributed by atoms with Crippen LogP contribution >= 0.6 is 0 Å². The first-order valence-corrected chi connectivity index (χ1v) is 6.07. The first kappa shape index (κ1) is 15.7. The minimum Gasteiger partial charge on any atom is -0.496 e. The second-order valence-electron chi connectivity index (χ2n) is 4.29. The molecule has 2 rings (SSSR count). The Bertz CT molecular complexity index is 678. The molecule has 0 aliphatic heterocycles. The van der Waals surface area contributed by atoms with E-state index < -0.39 is 17.7 Å². The summed E-state index contributed by atoms with van der Waals surface area (Å²) in [5.74, 6) is -0.700. The summed E-state index contributed by atoms with van der Waals surface area (Å²) in [6.07, 6.45) is -4.42. The maximum absolute atomic E-state index is 12.5. The molecule has 0 saturated heterocycles. The molecule has 0 spiro atoms. The highest BCUT2D eigenvalue weighted by Crippen LogP contribution is 2.32. The number of benzene rings is 2. The molecule has 0 atom stereocenters. The number of carboxylic acid groups (broad SMARTS) is 1. The molecule has 0 aliphatic rings. The van der Waals surface area contributed by atoms with Gasteiger partial charge in [0.1, 0.15) is 22.8 Å². The molecular weight excluding hydrogens is 301 g/mol. The van der Waals surface area contributed by atoms with Gasteiger partial charge >= 0.3 is 12.1 Å². The Morgan fingerprint density at radius 1 is 1.05 bits per heavy atom. The SMILES string of the molecule is COc1ccc(Oc2ccc(C(F)(F)F)cc2)cc1C(=O)O.